The summed E-state index contributed by atoms with van der Waals surface area (Å²) in [5.41, 5.74) is 0. The zero-order chi connectivity index (χ0) is 15.7. The molecule has 0 aliphatic carbocycles. The third-order valence-corrected chi connectivity index (χ3v) is 5.00. The molecule has 2 unspecified atom stereocenters. The smallest absolute Gasteiger partial charge is 0.246 e. The van der Waals surface area contributed by atoms with E-state index in [0.717, 1.165) is 4.88 Å². The van der Waals surface area contributed by atoms with Gasteiger partial charge >= 0.3 is 0 Å². The van der Waals surface area contributed by atoms with Crippen LogP contribution >= 0.6 is 22.9 Å². The molecule has 3 rings (SSSR count). The standard InChI is InChI=1S/C14H16ClN3O3S/c1-8(11-3-4-12(15)22-11)14(19)18-5-6-20-10(7-18)13-17-16-9(2)21-13/h3-4,8,10H,5-7H2,1-2H3. The Kier molecular flexibility index (Phi) is 4.46. The van der Waals surface area contributed by atoms with Gasteiger partial charge in [0.2, 0.25) is 17.7 Å². The molecule has 1 aliphatic heterocycles. The predicted molar refractivity (Wildman–Crippen MR) is 82.1 cm³/mol. The molecule has 22 heavy (non-hydrogen) atoms. The van der Waals surface area contributed by atoms with Crippen LogP contribution in [0.5, 0.6) is 0 Å². The number of carbonyl (C=O) groups excluding carboxylic acids is 1. The van der Waals surface area contributed by atoms with Crippen LogP contribution < -0.4 is 0 Å². The van der Waals surface area contributed by atoms with Crippen LogP contribution in [0.1, 0.15) is 35.6 Å². The molecule has 0 bridgehead atoms. The van der Waals surface area contributed by atoms with Crippen molar-refractivity contribution in [2.75, 3.05) is 19.7 Å². The average molecular weight is 342 g/mol. The molecule has 0 aromatic carbocycles. The lowest BCUT2D eigenvalue weighted by atomic mass is 10.1. The van der Waals surface area contributed by atoms with Crippen LogP contribution in [0.25, 0.3) is 0 Å². The summed E-state index contributed by atoms with van der Waals surface area (Å²) in [5, 5.41) is 7.78. The van der Waals surface area contributed by atoms with E-state index in [0.29, 0.717) is 35.8 Å². The Labute approximate surface area is 137 Å². The Morgan fingerprint density at radius 2 is 2.32 bits per heavy atom. The SMILES string of the molecule is Cc1nnc(C2CN(C(=O)C(C)c3ccc(Cl)s3)CCO2)o1. The number of thiophene rings is 1. The number of nitrogens with zero attached hydrogens (tertiary/aromatic N) is 3. The van der Waals surface area contributed by atoms with Crippen LogP contribution in [0, 0.1) is 6.92 Å². The van der Waals surface area contributed by atoms with Crippen molar-refractivity contribution in [2.45, 2.75) is 25.9 Å². The van der Waals surface area contributed by atoms with Gasteiger partial charge in [-0.15, -0.1) is 21.5 Å². The van der Waals surface area contributed by atoms with E-state index in [2.05, 4.69) is 10.2 Å². The monoisotopic (exact) mass is 341 g/mol. The van der Waals surface area contributed by atoms with Gasteiger partial charge in [0.05, 0.1) is 23.4 Å². The van der Waals surface area contributed by atoms with E-state index in [-0.39, 0.29) is 17.9 Å². The van der Waals surface area contributed by atoms with Crippen molar-refractivity contribution in [3.8, 4) is 0 Å². The summed E-state index contributed by atoms with van der Waals surface area (Å²) in [6.45, 7) is 5.06. The highest BCUT2D eigenvalue weighted by Crippen LogP contribution is 2.30. The number of amides is 1. The number of halogens is 1. The topological polar surface area (TPSA) is 68.5 Å². The second-order valence-electron chi connectivity index (χ2n) is 5.17. The van der Waals surface area contributed by atoms with Crippen LogP contribution in [0.15, 0.2) is 16.5 Å². The van der Waals surface area contributed by atoms with Gasteiger partial charge in [-0.25, -0.2) is 0 Å². The van der Waals surface area contributed by atoms with Gasteiger partial charge in [-0.3, -0.25) is 4.79 Å². The maximum absolute atomic E-state index is 12.7. The number of hydrogen-bond acceptors (Lipinski definition) is 6. The van der Waals surface area contributed by atoms with Crippen LogP contribution in [0.3, 0.4) is 0 Å². The normalized spacial score (nSPS) is 20.1. The zero-order valence-corrected chi connectivity index (χ0v) is 13.9. The second kappa shape index (κ2) is 6.36. The van der Waals surface area contributed by atoms with E-state index in [4.69, 9.17) is 20.8 Å². The Balaban J connectivity index is 1.70. The number of aromatic nitrogens is 2. The van der Waals surface area contributed by atoms with Gasteiger partial charge < -0.3 is 14.1 Å². The van der Waals surface area contributed by atoms with E-state index in [1.54, 1.807) is 11.8 Å². The predicted octanol–water partition coefficient (Wildman–Crippen LogP) is 2.80. The maximum Gasteiger partial charge on any atom is 0.246 e. The van der Waals surface area contributed by atoms with E-state index >= 15 is 0 Å². The van der Waals surface area contributed by atoms with Gasteiger partial charge in [0.15, 0.2) is 6.10 Å². The Morgan fingerprint density at radius 1 is 1.50 bits per heavy atom. The van der Waals surface area contributed by atoms with Crippen LogP contribution in [-0.2, 0) is 9.53 Å². The first kappa shape index (κ1) is 15.5. The molecule has 0 saturated carbocycles. The van der Waals surface area contributed by atoms with Crippen LogP contribution in [-0.4, -0.2) is 40.7 Å². The minimum absolute atomic E-state index is 0.0584. The van der Waals surface area contributed by atoms with Crippen molar-refractivity contribution in [1.29, 1.82) is 0 Å². The third-order valence-electron chi connectivity index (χ3n) is 3.59. The molecule has 6 nitrogen and oxygen atoms in total. The number of morpholine rings is 1. The lowest BCUT2D eigenvalue weighted by molar-refractivity contribution is -0.141. The largest absolute Gasteiger partial charge is 0.423 e. The van der Waals surface area contributed by atoms with Crippen molar-refractivity contribution in [1.82, 2.24) is 15.1 Å². The van der Waals surface area contributed by atoms with Crippen LogP contribution in [0.4, 0.5) is 0 Å². The van der Waals surface area contributed by atoms with Gasteiger partial charge in [0, 0.05) is 18.3 Å². The molecule has 0 N–H and O–H groups in total. The Bertz CT molecular complexity index is 672. The summed E-state index contributed by atoms with van der Waals surface area (Å²) in [6.07, 6.45) is -0.363. The van der Waals surface area contributed by atoms with Crippen molar-refractivity contribution >= 4 is 28.8 Å². The molecular formula is C14H16ClN3O3S. The first-order valence-corrected chi connectivity index (χ1v) is 8.19. The summed E-state index contributed by atoms with van der Waals surface area (Å²) in [7, 11) is 0. The zero-order valence-electron chi connectivity index (χ0n) is 12.3. The first-order chi connectivity index (χ1) is 10.5. The van der Waals surface area contributed by atoms with Crippen molar-refractivity contribution < 1.29 is 13.9 Å². The number of ether oxygens (including phenoxy) is 1. The fourth-order valence-corrected chi connectivity index (χ4v) is 3.50. The Morgan fingerprint density at radius 3 is 2.95 bits per heavy atom. The van der Waals surface area contributed by atoms with Gasteiger partial charge in [-0.1, -0.05) is 11.6 Å². The van der Waals surface area contributed by atoms with Crippen LogP contribution in [0.2, 0.25) is 4.34 Å². The van der Waals surface area contributed by atoms with Gasteiger partial charge in [-0.05, 0) is 19.1 Å². The molecule has 1 amide bonds. The molecule has 1 aliphatic rings. The van der Waals surface area contributed by atoms with Gasteiger partial charge in [-0.2, -0.15) is 0 Å². The molecule has 1 saturated heterocycles. The van der Waals surface area contributed by atoms with Gasteiger partial charge in [0.25, 0.3) is 0 Å². The summed E-state index contributed by atoms with van der Waals surface area (Å²) in [6, 6.07) is 3.71. The van der Waals surface area contributed by atoms with Crippen molar-refractivity contribution in [3.63, 3.8) is 0 Å². The number of aryl methyl sites for hydroxylation is 1. The first-order valence-electron chi connectivity index (χ1n) is 7.00. The Hall–Kier alpha value is -1.44. The number of rotatable bonds is 3. The fourth-order valence-electron chi connectivity index (χ4n) is 2.40. The van der Waals surface area contributed by atoms with E-state index in [9.17, 15) is 4.79 Å². The summed E-state index contributed by atoms with van der Waals surface area (Å²) in [5.74, 6) is 0.745. The lowest BCUT2D eigenvalue weighted by Gasteiger charge is -2.32. The molecule has 2 aromatic heterocycles. The molecule has 8 heteroatoms. The highest BCUT2D eigenvalue weighted by Gasteiger charge is 2.31. The molecule has 2 atom stereocenters. The second-order valence-corrected chi connectivity index (χ2v) is 6.91. The molecule has 0 spiro atoms. The minimum Gasteiger partial charge on any atom is -0.423 e. The highest BCUT2D eigenvalue weighted by molar-refractivity contribution is 7.16. The van der Waals surface area contributed by atoms with Crippen molar-refractivity contribution in [3.05, 3.63) is 33.1 Å². The molecule has 1 fully saturated rings. The van der Waals surface area contributed by atoms with Gasteiger partial charge in [0.1, 0.15) is 0 Å². The molecule has 2 aromatic rings. The van der Waals surface area contributed by atoms with Crippen molar-refractivity contribution in [2.24, 2.45) is 0 Å². The highest BCUT2D eigenvalue weighted by atomic mass is 35.5. The molecule has 3 heterocycles. The number of hydrogen-bond donors (Lipinski definition) is 0. The summed E-state index contributed by atoms with van der Waals surface area (Å²) >= 11 is 7.38. The summed E-state index contributed by atoms with van der Waals surface area (Å²) < 4.78 is 11.7. The maximum atomic E-state index is 12.7. The minimum atomic E-state index is -0.363. The van der Waals surface area contributed by atoms with E-state index in [1.165, 1.54) is 11.3 Å². The average Bonchev–Trinajstić information content (AvgIpc) is 3.14. The summed E-state index contributed by atoms with van der Waals surface area (Å²) in [4.78, 5) is 15.4. The molecule has 118 valence electrons. The number of carbonyl (C=O) groups is 1. The fraction of sp³-hybridized carbons (Fsp3) is 0.500. The third kappa shape index (κ3) is 3.16. The lowest BCUT2D eigenvalue weighted by Crippen LogP contribution is -2.44. The molecular weight excluding hydrogens is 326 g/mol. The van der Waals surface area contributed by atoms with E-state index in [1.807, 2.05) is 19.1 Å². The van der Waals surface area contributed by atoms with E-state index < -0.39 is 0 Å². The molecule has 0 radical (unpaired) electrons. The quantitative estimate of drug-likeness (QED) is 0.858.